The number of amides is 2. The minimum absolute atomic E-state index is 0.0644. The Labute approximate surface area is 313 Å². The van der Waals surface area contributed by atoms with Crippen molar-refractivity contribution in [1.29, 1.82) is 0 Å². The fourth-order valence-electron chi connectivity index (χ4n) is 8.54. The molecule has 3 heterocycles. The van der Waals surface area contributed by atoms with Gasteiger partial charge in [-0.25, -0.2) is 9.97 Å². The molecule has 4 aliphatic rings. The molecule has 4 fully saturated rings. The molecule has 2 aliphatic carbocycles. The number of aryl methyl sites for hydroxylation is 3. The number of likely N-dealkylation sites (tertiary alicyclic amines) is 2. The number of carboxylic acids is 1. The first-order chi connectivity index (χ1) is 24.9. The van der Waals surface area contributed by atoms with Gasteiger partial charge in [0.1, 0.15) is 6.33 Å². The van der Waals surface area contributed by atoms with Gasteiger partial charge in [0.15, 0.2) is 0 Å². The molecule has 1 aromatic heterocycles. The molecule has 1 N–H and O–H groups in total. The van der Waals surface area contributed by atoms with Gasteiger partial charge in [-0.2, -0.15) is 0 Å². The lowest BCUT2D eigenvalue weighted by Crippen LogP contribution is -2.40. The number of halogens is 1. The molecule has 0 bridgehead atoms. The minimum Gasteiger partial charge on any atom is -0.481 e. The number of esters is 1. The van der Waals surface area contributed by atoms with Crippen LogP contribution in [0.2, 0.25) is 5.02 Å². The van der Waals surface area contributed by atoms with E-state index in [0.29, 0.717) is 60.6 Å². The third-order valence-electron chi connectivity index (χ3n) is 11.9. The molecular formula is C40H56ClN5O6. The van der Waals surface area contributed by atoms with E-state index in [9.17, 15) is 19.2 Å². The Morgan fingerprint density at radius 3 is 2.00 bits per heavy atom. The number of hydrogen-bond donors (Lipinski definition) is 1. The molecule has 2 atom stereocenters. The number of hydrogen-bond acceptors (Lipinski definition) is 8. The molecule has 2 aliphatic heterocycles. The number of aromatic nitrogens is 2. The molecule has 0 radical (unpaired) electrons. The predicted octanol–water partition coefficient (Wildman–Crippen LogP) is 6.36. The van der Waals surface area contributed by atoms with Crippen LogP contribution in [0.4, 0.5) is 5.69 Å². The van der Waals surface area contributed by atoms with E-state index in [1.807, 2.05) is 48.8 Å². The number of anilines is 1. The van der Waals surface area contributed by atoms with Crippen molar-refractivity contribution in [2.45, 2.75) is 85.5 Å². The van der Waals surface area contributed by atoms with Gasteiger partial charge in [-0.15, -0.1) is 0 Å². The molecule has 1 aromatic carbocycles. The fraction of sp³-hybridized carbons (Fsp3) is 0.650. The van der Waals surface area contributed by atoms with E-state index in [1.165, 1.54) is 13.4 Å². The summed E-state index contributed by atoms with van der Waals surface area (Å²) < 4.78 is 4.60. The number of methoxy groups -OCH3 is 1. The monoisotopic (exact) mass is 737 g/mol. The quantitative estimate of drug-likeness (QED) is 0.292. The normalized spacial score (nSPS) is 25.8. The molecule has 2 saturated heterocycles. The smallest absolute Gasteiger partial charge is 0.308 e. The van der Waals surface area contributed by atoms with Gasteiger partial charge < -0.3 is 24.5 Å². The van der Waals surface area contributed by atoms with Crippen molar-refractivity contribution in [2.24, 2.45) is 35.5 Å². The number of benzene rings is 1. The third-order valence-corrected chi connectivity index (χ3v) is 12.3. The summed E-state index contributed by atoms with van der Waals surface area (Å²) in [7, 11) is 1.37. The number of nitrogens with zero attached hydrogens (tertiary/aromatic N) is 5. The molecule has 284 valence electrons. The van der Waals surface area contributed by atoms with Crippen LogP contribution in [0.15, 0.2) is 24.5 Å². The molecule has 6 rings (SSSR count). The Bertz CT molecular complexity index is 1550. The van der Waals surface area contributed by atoms with E-state index in [0.717, 1.165) is 87.5 Å². The highest BCUT2D eigenvalue weighted by atomic mass is 35.5. The fourth-order valence-corrected chi connectivity index (χ4v) is 8.71. The van der Waals surface area contributed by atoms with Crippen LogP contribution in [0, 0.1) is 56.3 Å². The van der Waals surface area contributed by atoms with E-state index in [1.54, 1.807) is 0 Å². The van der Waals surface area contributed by atoms with Gasteiger partial charge in [-0.1, -0.05) is 24.6 Å². The van der Waals surface area contributed by atoms with Crippen molar-refractivity contribution >= 4 is 41.0 Å². The summed E-state index contributed by atoms with van der Waals surface area (Å²) in [5, 5.41) is 9.41. The maximum Gasteiger partial charge on any atom is 0.308 e. The van der Waals surface area contributed by atoms with Crippen LogP contribution < -0.4 is 4.90 Å². The lowest BCUT2D eigenvalue weighted by Gasteiger charge is -2.32. The maximum absolute atomic E-state index is 13.7. The Morgan fingerprint density at radius 2 is 1.44 bits per heavy atom. The number of aliphatic carboxylic acids is 1. The Kier molecular flexibility index (Phi) is 13.7. The van der Waals surface area contributed by atoms with E-state index in [4.69, 9.17) is 16.7 Å². The highest BCUT2D eigenvalue weighted by Gasteiger charge is 2.42. The van der Waals surface area contributed by atoms with Crippen LogP contribution in [0.5, 0.6) is 0 Å². The third kappa shape index (κ3) is 9.69. The molecule has 2 saturated carbocycles. The van der Waals surface area contributed by atoms with E-state index >= 15 is 0 Å². The number of carbonyl (C=O) groups is 4. The summed E-state index contributed by atoms with van der Waals surface area (Å²) in [5.41, 5.74) is 4.10. The zero-order chi connectivity index (χ0) is 37.5. The van der Waals surface area contributed by atoms with Crippen molar-refractivity contribution in [3.05, 3.63) is 52.1 Å². The first-order valence-corrected chi connectivity index (χ1v) is 19.4. The number of carboxylic acid groups (broad SMARTS) is 1. The van der Waals surface area contributed by atoms with Gasteiger partial charge in [0.05, 0.1) is 35.9 Å². The molecule has 11 nitrogen and oxygen atoms in total. The molecule has 52 heavy (non-hydrogen) atoms. The number of rotatable bonds is 9. The average molecular weight is 738 g/mol. The Morgan fingerprint density at radius 1 is 0.865 bits per heavy atom. The van der Waals surface area contributed by atoms with Crippen molar-refractivity contribution in [3.8, 4) is 0 Å². The second-order valence-electron chi connectivity index (χ2n) is 15.6. The lowest BCUT2D eigenvalue weighted by atomic mass is 9.82. The summed E-state index contributed by atoms with van der Waals surface area (Å²) in [6.45, 7) is 13.3. The second kappa shape index (κ2) is 18.0. The largest absolute Gasteiger partial charge is 0.481 e. The highest BCUT2D eigenvalue weighted by Crippen LogP contribution is 2.34. The molecule has 12 heteroatoms. The predicted molar refractivity (Wildman–Crippen MR) is 200 cm³/mol. The summed E-state index contributed by atoms with van der Waals surface area (Å²) >= 11 is 6.47. The topological polar surface area (TPSA) is 133 Å². The van der Waals surface area contributed by atoms with Crippen LogP contribution in [0.25, 0.3) is 0 Å². The van der Waals surface area contributed by atoms with Gasteiger partial charge in [0.2, 0.25) is 5.91 Å². The zero-order valence-corrected chi connectivity index (χ0v) is 32.2. The second-order valence-corrected chi connectivity index (χ2v) is 16.0. The van der Waals surface area contributed by atoms with Gasteiger partial charge in [-0.05, 0) is 121 Å². The summed E-state index contributed by atoms with van der Waals surface area (Å²) in [5.74, 6) is 0.839. The number of ether oxygens (including phenoxy) is 1. The first kappa shape index (κ1) is 39.6. The zero-order valence-electron chi connectivity index (χ0n) is 31.5. The molecule has 2 amide bonds. The van der Waals surface area contributed by atoms with Gasteiger partial charge in [-0.3, -0.25) is 19.2 Å². The van der Waals surface area contributed by atoms with E-state index in [-0.39, 0.29) is 35.5 Å². The van der Waals surface area contributed by atoms with Crippen molar-refractivity contribution in [2.75, 3.05) is 51.3 Å². The molecule has 0 spiro atoms. The van der Waals surface area contributed by atoms with Gasteiger partial charge in [0, 0.05) is 49.4 Å². The average Bonchev–Trinajstić information content (AvgIpc) is 3.71. The summed E-state index contributed by atoms with van der Waals surface area (Å²) in [6.07, 6.45) is 9.14. The Balaban J connectivity index is 0.000000340. The van der Waals surface area contributed by atoms with Crippen LogP contribution in [-0.4, -0.2) is 95.0 Å². The summed E-state index contributed by atoms with van der Waals surface area (Å²) in [6, 6.07) is 6.01. The van der Waals surface area contributed by atoms with Crippen molar-refractivity contribution in [1.82, 2.24) is 19.8 Å². The number of fused-ring (bicyclic) bond motifs is 1. The van der Waals surface area contributed by atoms with Crippen LogP contribution >= 0.6 is 11.6 Å². The SMILES string of the molecule is COC(=O)C1CCC(C(=O)O)CC1.Cc1ccc(N(CCCN2CC3CN(C(=O)c4c(C)ncnc4C)CC3C2)C(=O)C2CCC(C)CC2)cc1Cl. The van der Waals surface area contributed by atoms with Crippen molar-refractivity contribution in [3.63, 3.8) is 0 Å². The van der Waals surface area contributed by atoms with E-state index < -0.39 is 5.97 Å². The molecular weight excluding hydrogens is 682 g/mol. The highest BCUT2D eigenvalue weighted by molar-refractivity contribution is 6.31. The van der Waals surface area contributed by atoms with Crippen molar-refractivity contribution < 1.29 is 29.0 Å². The number of carbonyl (C=O) groups excluding carboxylic acids is 3. The standard InChI is InChI=1S/C31H42ClN5O2.C9H14O4/c1-20-6-9-24(10-7-20)30(38)37(27-11-8-21(2)28(32)14-27)13-5-12-35-15-25-17-36(18-26(25)16-35)31(39)29-22(3)33-19-34-23(29)4;1-13-9(12)7-4-2-6(3-5-7)8(10)11/h8,11,14,19-20,24-26H,5-7,9-10,12-13,15-18H2,1-4H3;6-7H,2-5H2,1H3,(H,10,11). The molecule has 2 unspecified atom stereocenters. The summed E-state index contributed by atoms with van der Waals surface area (Å²) in [4.78, 5) is 63.6. The van der Waals surface area contributed by atoms with Gasteiger partial charge >= 0.3 is 11.9 Å². The minimum atomic E-state index is -0.747. The first-order valence-electron chi connectivity index (χ1n) is 19.0. The maximum atomic E-state index is 13.7. The van der Waals surface area contributed by atoms with Crippen LogP contribution in [0.3, 0.4) is 0 Å². The Hall–Kier alpha value is -3.57. The lowest BCUT2D eigenvalue weighted by molar-refractivity contribution is -0.150. The van der Waals surface area contributed by atoms with Gasteiger partial charge in [0.25, 0.3) is 5.91 Å². The van der Waals surface area contributed by atoms with Crippen LogP contribution in [0.1, 0.15) is 92.0 Å². The molecule has 2 aromatic rings. The van der Waals surface area contributed by atoms with Crippen LogP contribution in [-0.2, 0) is 19.1 Å². The van der Waals surface area contributed by atoms with E-state index in [2.05, 4.69) is 26.5 Å².